The molecule has 0 aromatic carbocycles. The van der Waals surface area contributed by atoms with E-state index in [1.165, 1.54) is 0 Å². The van der Waals surface area contributed by atoms with Crippen LogP contribution in [0.25, 0.3) is 10.2 Å². The van der Waals surface area contributed by atoms with Gasteiger partial charge in [0.05, 0.1) is 11.1 Å². The van der Waals surface area contributed by atoms with Crippen molar-refractivity contribution in [2.24, 2.45) is 0 Å². The molecule has 0 spiro atoms. The molecule has 9 heteroatoms. The highest BCUT2D eigenvalue weighted by molar-refractivity contribution is 8.02. The quantitative estimate of drug-likeness (QED) is 0.711. The van der Waals surface area contributed by atoms with Gasteiger partial charge in [0.15, 0.2) is 8.68 Å². The van der Waals surface area contributed by atoms with Gasteiger partial charge in [-0.25, -0.2) is 9.97 Å². The molecule has 0 aliphatic heterocycles. The maximum absolute atomic E-state index is 4.58. The third kappa shape index (κ3) is 2.90. The van der Waals surface area contributed by atoms with E-state index in [1.54, 1.807) is 46.2 Å². The Hall–Kier alpha value is -0.900. The fraction of sp³-hybridized carbons (Fsp3) is 0.273. The van der Waals surface area contributed by atoms with Gasteiger partial charge in [-0.1, -0.05) is 34.9 Å². The molecule has 0 atom stereocenters. The van der Waals surface area contributed by atoms with E-state index < -0.39 is 0 Å². The summed E-state index contributed by atoms with van der Waals surface area (Å²) < 4.78 is 1.94. The van der Waals surface area contributed by atoms with Crippen molar-refractivity contribution >= 4 is 62.2 Å². The van der Waals surface area contributed by atoms with E-state index in [2.05, 4.69) is 25.5 Å². The van der Waals surface area contributed by atoms with Gasteiger partial charge in [-0.2, -0.15) is 0 Å². The Morgan fingerprint density at radius 3 is 2.85 bits per heavy atom. The first-order valence-corrected chi connectivity index (χ1v) is 9.63. The average Bonchev–Trinajstić information content (AvgIpc) is 3.12. The molecule has 0 saturated heterocycles. The summed E-state index contributed by atoms with van der Waals surface area (Å²) in [6.45, 7) is 0. The molecule has 3 aromatic heterocycles. The molecule has 3 heterocycles. The summed E-state index contributed by atoms with van der Waals surface area (Å²) in [5.41, 5.74) is 0. The molecule has 20 heavy (non-hydrogen) atoms. The lowest BCUT2D eigenvalue weighted by Gasteiger charge is -2.04. The number of rotatable bonds is 5. The number of hydrogen-bond donors (Lipinski definition) is 1. The molecular formula is C11H11N5S4. The van der Waals surface area contributed by atoms with E-state index in [0.717, 1.165) is 30.5 Å². The van der Waals surface area contributed by atoms with Crippen LogP contribution in [0.3, 0.4) is 0 Å². The molecule has 0 radical (unpaired) electrons. The van der Waals surface area contributed by atoms with Gasteiger partial charge in [-0.05, 0) is 17.7 Å². The van der Waals surface area contributed by atoms with E-state index in [0.29, 0.717) is 5.75 Å². The Labute approximate surface area is 132 Å². The Balaban J connectivity index is 1.79. The van der Waals surface area contributed by atoms with Gasteiger partial charge in [0.1, 0.15) is 16.5 Å². The zero-order valence-corrected chi connectivity index (χ0v) is 14.0. The monoisotopic (exact) mass is 341 g/mol. The van der Waals surface area contributed by atoms with Crippen LogP contribution in [0.5, 0.6) is 0 Å². The molecule has 0 bridgehead atoms. The van der Waals surface area contributed by atoms with E-state index in [9.17, 15) is 0 Å². The predicted molar refractivity (Wildman–Crippen MR) is 88.2 cm³/mol. The van der Waals surface area contributed by atoms with E-state index in [4.69, 9.17) is 0 Å². The van der Waals surface area contributed by atoms with E-state index in [1.807, 2.05) is 24.7 Å². The highest BCUT2D eigenvalue weighted by atomic mass is 32.2. The van der Waals surface area contributed by atoms with Gasteiger partial charge in [0.2, 0.25) is 0 Å². The second kappa shape index (κ2) is 6.25. The average molecular weight is 342 g/mol. The van der Waals surface area contributed by atoms with Crippen LogP contribution in [0.2, 0.25) is 0 Å². The fourth-order valence-electron chi connectivity index (χ4n) is 1.62. The summed E-state index contributed by atoms with van der Waals surface area (Å²) in [6.07, 6.45) is 2.00. The molecule has 1 N–H and O–H groups in total. The zero-order valence-electron chi connectivity index (χ0n) is 10.8. The number of nitrogens with one attached hydrogen (secondary N) is 1. The van der Waals surface area contributed by atoms with Gasteiger partial charge >= 0.3 is 0 Å². The minimum Gasteiger partial charge on any atom is -0.372 e. The Morgan fingerprint density at radius 2 is 2.10 bits per heavy atom. The molecular weight excluding hydrogens is 330 g/mol. The highest BCUT2D eigenvalue weighted by Gasteiger charge is 2.10. The van der Waals surface area contributed by atoms with Crippen LogP contribution in [0, 0.1) is 0 Å². The van der Waals surface area contributed by atoms with E-state index >= 15 is 0 Å². The Morgan fingerprint density at radius 1 is 1.25 bits per heavy atom. The van der Waals surface area contributed by atoms with Crippen LogP contribution in [-0.4, -0.2) is 33.5 Å². The van der Waals surface area contributed by atoms with Crippen LogP contribution in [0.4, 0.5) is 5.82 Å². The van der Waals surface area contributed by atoms with Crippen molar-refractivity contribution in [1.29, 1.82) is 0 Å². The fourth-order valence-corrected chi connectivity index (χ4v) is 4.69. The maximum Gasteiger partial charge on any atom is 0.175 e. The molecule has 3 aromatic rings. The minimum atomic E-state index is 0.700. The molecule has 104 valence electrons. The lowest BCUT2D eigenvalue weighted by molar-refractivity contribution is 0.954. The SMILES string of the molecule is CNc1nc(CSc2nnc(SC)s2)nc2sccc12. The minimum absolute atomic E-state index is 0.700. The Bertz CT molecular complexity index is 723. The largest absolute Gasteiger partial charge is 0.372 e. The zero-order chi connectivity index (χ0) is 13.9. The van der Waals surface area contributed by atoms with Crippen molar-refractivity contribution in [3.63, 3.8) is 0 Å². The van der Waals surface area contributed by atoms with Crippen LogP contribution in [0.1, 0.15) is 5.82 Å². The highest BCUT2D eigenvalue weighted by Crippen LogP contribution is 2.30. The second-order valence-electron chi connectivity index (χ2n) is 3.70. The predicted octanol–water partition coefficient (Wildman–Crippen LogP) is 3.60. The van der Waals surface area contributed by atoms with Crippen molar-refractivity contribution in [1.82, 2.24) is 20.2 Å². The number of thiophene rings is 1. The summed E-state index contributed by atoms with van der Waals surface area (Å²) >= 11 is 6.47. The van der Waals surface area contributed by atoms with Gasteiger partial charge in [-0.15, -0.1) is 21.5 Å². The lowest BCUT2D eigenvalue weighted by atomic mass is 10.4. The molecule has 0 saturated carbocycles. The van der Waals surface area contributed by atoms with Crippen LogP contribution >= 0.6 is 46.2 Å². The van der Waals surface area contributed by atoms with Gasteiger partial charge < -0.3 is 5.32 Å². The number of thioether (sulfide) groups is 2. The first kappa shape index (κ1) is 14.1. The topological polar surface area (TPSA) is 63.6 Å². The number of aromatic nitrogens is 4. The summed E-state index contributed by atoms with van der Waals surface area (Å²) in [5, 5.41) is 14.5. The molecule has 5 nitrogen and oxygen atoms in total. The van der Waals surface area contributed by atoms with Crippen LogP contribution < -0.4 is 5.32 Å². The number of nitrogens with zero attached hydrogens (tertiary/aromatic N) is 4. The lowest BCUT2D eigenvalue weighted by Crippen LogP contribution is -1.99. The van der Waals surface area contributed by atoms with Gasteiger partial charge in [0.25, 0.3) is 0 Å². The number of fused-ring (bicyclic) bond motifs is 1. The van der Waals surface area contributed by atoms with Crippen molar-refractivity contribution < 1.29 is 0 Å². The van der Waals surface area contributed by atoms with E-state index in [-0.39, 0.29) is 0 Å². The summed E-state index contributed by atoms with van der Waals surface area (Å²) in [4.78, 5) is 10.1. The van der Waals surface area contributed by atoms with Crippen molar-refractivity contribution in [3.8, 4) is 0 Å². The third-order valence-corrected chi connectivity index (χ3v) is 6.33. The standard InChI is InChI=1S/C11H11N5S4/c1-12-8-6-3-4-18-9(6)14-7(13-8)5-19-11-16-15-10(17-2)20-11/h3-4H,5H2,1-2H3,(H,12,13,14). The number of hydrogen-bond acceptors (Lipinski definition) is 9. The maximum atomic E-state index is 4.58. The van der Waals surface area contributed by atoms with Gasteiger partial charge in [-0.3, -0.25) is 0 Å². The molecule has 0 fully saturated rings. The summed E-state index contributed by atoms with van der Waals surface area (Å²) in [6, 6.07) is 2.04. The van der Waals surface area contributed by atoms with Gasteiger partial charge in [0, 0.05) is 7.05 Å². The molecule has 0 unspecified atom stereocenters. The third-order valence-electron chi connectivity index (χ3n) is 2.50. The van der Waals surface area contributed by atoms with Crippen molar-refractivity contribution in [2.75, 3.05) is 18.6 Å². The summed E-state index contributed by atoms with van der Waals surface area (Å²) in [7, 11) is 1.88. The first-order valence-electron chi connectivity index (χ1n) is 5.72. The molecule has 0 amide bonds. The first-order chi connectivity index (χ1) is 9.80. The Kier molecular flexibility index (Phi) is 4.39. The second-order valence-corrected chi connectivity index (χ2v) is 7.85. The molecule has 0 aliphatic rings. The summed E-state index contributed by atoms with van der Waals surface area (Å²) in [5.74, 6) is 2.40. The van der Waals surface area contributed by atoms with Crippen LogP contribution in [0.15, 0.2) is 20.1 Å². The number of anilines is 1. The molecule has 0 aliphatic carbocycles. The smallest absolute Gasteiger partial charge is 0.175 e. The van der Waals surface area contributed by atoms with Crippen molar-refractivity contribution in [3.05, 3.63) is 17.3 Å². The molecule has 3 rings (SSSR count). The van der Waals surface area contributed by atoms with Crippen LogP contribution in [-0.2, 0) is 5.75 Å². The van der Waals surface area contributed by atoms with Crippen molar-refractivity contribution in [2.45, 2.75) is 14.4 Å². The normalized spacial score (nSPS) is 11.1.